The van der Waals surface area contributed by atoms with E-state index in [-0.39, 0.29) is 5.60 Å². The highest BCUT2D eigenvalue weighted by molar-refractivity contribution is 5.47. The highest BCUT2D eigenvalue weighted by Crippen LogP contribution is 2.44. The van der Waals surface area contributed by atoms with Crippen LogP contribution in [0.1, 0.15) is 38.5 Å². The molecular formula is C17H22N2O. The van der Waals surface area contributed by atoms with Crippen LogP contribution in [-0.4, -0.2) is 24.8 Å². The van der Waals surface area contributed by atoms with E-state index in [0.29, 0.717) is 12.5 Å². The number of hydrogen-bond acceptors (Lipinski definition) is 3. The van der Waals surface area contributed by atoms with Gasteiger partial charge in [0.1, 0.15) is 0 Å². The second kappa shape index (κ2) is 5.85. The van der Waals surface area contributed by atoms with Crippen LogP contribution in [-0.2, 0) is 4.74 Å². The summed E-state index contributed by atoms with van der Waals surface area (Å²) in [5.74, 6) is 0. The molecule has 0 radical (unpaired) electrons. The summed E-state index contributed by atoms with van der Waals surface area (Å²) >= 11 is 0. The molecule has 1 aromatic rings. The van der Waals surface area contributed by atoms with Crippen molar-refractivity contribution in [2.45, 2.75) is 50.2 Å². The minimum absolute atomic E-state index is 0.155. The van der Waals surface area contributed by atoms with Crippen LogP contribution in [0.25, 0.3) is 0 Å². The number of anilines is 1. The van der Waals surface area contributed by atoms with E-state index < -0.39 is 0 Å². The predicted octanol–water partition coefficient (Wildman–Crippen LogP) is 3.51. The summed E-state index contributed by atoms with van der Waals surface area (Å²) in [5.41, 5.74) is 1.40. The zero-order valence-corrected chi connectivity index (χ0v) is 11.9. The van der Waals surface area contributed by atoms with Crippen molar-refractivity contribution in [3.05, 3.63) is 30.3 Å². The average molecular weight is 270 g/mol. The monoisotopic (exact) mass is 270 g/mol. The summed E-state index contributed by atoms with van der Waals surface area (Å²) in [5, 5.41) is 8.92. The van der Waals surface area contributed by atoms with Gasteiger partial charge in [-0.15, -0.1) is 0 Å². The van der Waals surface area contributed by atoms with E-state index in [4.69, 9.17) is 10.00 Å². The number of benzene rings is 1. The first-order chi connectivity index (χ1) is 9.83. The molecule has 1 aliphatic carbocycles. The third kappa shape index (κ3) is 2.66. The molecule has 0 aromatic heterocycles. The maximum Gasteiger partial charge on any atom is 0.0702 e. The van der Waals surface area contributed by atoms with E-state index in [9.17, 15) is 0 Å². The normalized spacial score (nSPS) is 23.9. The van der Waals surface area contributed by atoms with E-state index in [1.54, 1.807) is 0 Å². The van der Waals surface area contributed by atoms with Gasteiger partial charge in [-0.05, 0) is 44.2 Å². The maximum absolute atomic E-state index is 8.92. The summed E-state index contributed by atoms with van der Waals surface area (Å²) in [6, 6.07) is 13.3. The van der Waals surface area contributed by atoms with Crippen molar-refractivity contribution in [2.75, 3.05) is 18.1 Å². The lowest BCUT2D eigenvalue weighted by atomic mass is 9.73. The SMILES string of the molecule is N#CCCN(c1ccccc1)C1CCOC2(CCC2)C1. The molecule has 1 unspecified atom stereocenters. The Hall–Kier alpha value is -1.53. The minimum atomic E-state index is 0.155. The molecule has 0 amide bonds. The summed E-state index contributed by atoms with van der Waals surface area (Å²) in [4.78, 5) is 2.42. The lowest BCUT2D eigenvalue weighted by Gasteiger charge is -2.50. The minimum Gasteiger partial charge on any atom is -0.375 e. The second-order valence-corrected chi connectivity index (χ2v) is 5.97. The van der Waals surface area contributed by atoms with Crippen molar-refractivity contribution < 1.29 is 4.74 Å². The van der Waals surface area contributed by atoms with Gasteiger partial charge in [0.15, 0.2) is 0 Å². The van der Waals surface area contributed by atoms with Crippen LogP contribution in [0.3, 0.4) is 0 Å². The van der Waals surface area contributed by atoms with Crippen LogP contribution in [0.15, 0.2) is 30.3 Å². The molecule has 2 aliphatic rings. The van der Waals surface area contributed by atoms with Gasteiger partial charge >= 0.3 is 0 Å². The summed E-state index contributed by atoms with van der Waals surface area (Å²) in [6.07, 6.45) is 6.50. The zero-order valence-electron chi connectivity index (χ0n) is 11.9. The van der Waals surface area contributed by atoms with Crippen LogP contribution < -0.4 is 4.90 Å². The van der Waals surface area contributed by atoms with Gasteiger partial charge in [-0.25, -0.2) is 0 Å². The van der Waals surface area contributed by atoms with Crippen molar-refractivity contribution in [3.63, 3.8) is 0 Å². The van der Waals surface area contributed by atoms with Crippen LogP contribution in [0.2, 0.25) is 0 Å². The molecule has 0 N–H and O–H groups in total. The number of nitrogens with zero attached hydrogens (tertiary/aromatic N) is 2. The van der Waals surface area contributed by atoms with Gasteiger partial charge < -0.3 is 9.64 Å². The third-order valence-corrected chi connectivity index (χ3v) is 4.72. The number of hydrogen-bond donors (Lipinski definition) is 0. The fourth-order valence-corrected chi connectivity index (χ4v) is 3.50. The van der Waals surface area contributed by atoms with Gasteiger partial charge in [0.05, 0.1) is 18.1 Å². The Kier molecular flexibility index (Phi) is 3.93. The first-order valence-electron chi connectivity index (χ1n) is 7.66. The van der Waals surface area contributed by atoms with Gasteiger partial charge in [-0.1, -0.05) is 18.2 Å². The molecule has 1 spiro atoms. The molecule has 1 aromatic carbocycles. The van der Waals surface area contributed by atoms with E-state index in [1.807, 2.05) is 6.07 Å². The number of ether oxygens (including phenoxy) is 1. The lowest BCUT2D eigenvalue weighted by Crippen LogP contribution is -2.52. The molecular weight excluding hydrogens is 248 g/mol. The Morgan fingerprint density at radius 2 is 2.10 bits per heavy atom. The van der Waals surface area contributed by atoms with Crippen molar-refractivity contribution in [2.24, 2.45) is 0 Å². The molecule has 106 valence electrons. The molecule has 20 heavy (non-hydrogen) atoms. The van der Waals surface area contributed by atoms with E-state index in [2.05, 4.69) is 35.2 Å². The van der Waals surface area contributed by atoms with Crippen molar-refractivity contribution in [1.82, 2.24) is 0 Å². The van der Waals surface area contributed by atoms with Crippen molar-refractivity contribution >= 4 is 5.69 Å². The Labute approximate surface area is 121 Å². The predicted molar refractivity (Wildman–Crippen MR) is 79.6 cm³/mol. The molecule has 1 atom stereocenters. The smallest absolute Gasteiger partial charge is 0.0702 e. The molecule has 1 heterocycles. The fourth-order valence-electron chi connectivity index (χ4n) is 3.50. The first-order valence-corrected chi connectivity index (χ1v) is 7.66. The largest absolute Gasteiger partial charge is 0.375 e. The number of nitriles is 1. The molecule has 1 aliphatic heterocycles. The molecule has 1 saturated heterocycles. The maximum atomic E-state index is 8.92. The second-order valence-electron chi connectivity index (χ2n) is 5.97. The Morgan fingerprint density at radius 1 is 1.30 bits per heavy atom. The Bertz CT molecular complexity index is 476. The molecule has 1 saturated carbocycles. The topological polar surface area (TPSA) is 36.3 Å². The van der Waals surface area contributed by atoms with Crippen LogP contribution in [0.4, 0.5) is 5.69 Å². The zero-order chi connectivity index (χ0) is 13.8. The highest BCUT2D eigenvalue weighted by Gasteiger charge is 2.43. The fraction of sp³-hybridized carbons (Fsp3) is 0.588. The van der Waals surface area contributed by atoms with Crippen LogP contribution in [0.5, 0.6) is 0 Å². The van der Waals surface area contributed by atoms with Gasteiger partial charge in [0.25, 0.3) is 0 Å². The standard InChI is InChI=1S/C17H22N2O/c18-11-5-12-19(15-6-2-1-3-7-15)16-8-13-20-17(14-16)9-4-10-17/h1-3,6-7,16H,4-5,8-10,12-14H2. The molecule has 2 fully saturated rings. The Balaban J connectivity index is 1.76. The molecule has 3 rings (SSSR count). The Morgan fingerprint density at radius 3 is 2.75 bits per heavy atom. The van der Waals surface area contributed by atoms with E-state index >= 15 is 0 Å². The molecule has 3 heteroatoms. The third-order valence-electron chi connectivity index (χ3n) is 4.72. The van der Waals surface area contributed by atoms with Crippen LogP contribution in [0, 0.1) is 11.3 Å². The van der Waals surface area contributed by atoms with Crippen molar-refractivity contribution in [3.8, 4) is 6.07 Å². The van der Waals surface area contributed by atoms with E-state index in [0.717, 1.165) is 26.0 Å². The quantitative estimate of drug-likeness (QED) is 0.840. The highest BCUT2D eigenvalue weighted by atomic mass is 16.5. The lowest BCUT2D eigenvalue weighted by molar-refractivity contribution is -0.132. The number of rotatable bonds is 4. The van der Waals surface area contributed by atoms with Gasteiger partial charge in [-0.2, -0.15) is 5.26 Å². The van der Waals surface area contributed by atoms with Crippen LogP contribution >= 0.6 is 0 Å². The average Bonchev–Trinajstić information content (AvgIpc) is 2.47. The number of para-hydroxylation sites is 1. The first kappa shape index (κ1) is 13.5. The van der Waals surface area contributed by atoms with Gasteiger partial charge in [0.2, 0.25) is 0 Å². The van der Waals surface area contributed by atoms with Gasteiger partial charge in [0, 0.05) is 24.9 Å². The molecule has 0 bridgehead atoms. The molecule has 3 nitrogen and oxygen atoms in total. The van der Waals surface area contributed by atoms with E-state index in [1.165, 1.54) is 24.9 Å². The summed E-state index contributed by atoms with van der Waals surface area (Å²) in [6.45, 7) is 1.68. The summed E-state index contributed by atoms with van der Waals surface area (Å²) < 4.78 is 6.03. The van der Waals surface area contributed by atoms with Gasteiger partial charge in [-0.3, -0.25) is 0 Å². The van der Waals surface area contributed by atoms with Crippen molar-refractivity contribution in [1.29, 1.82) is 5.26 Å². The summed E-state index contributed by atoms with van der Waals surface area (Å²) in [7, 11) is 0.